The molecule has 35 valence electrons. The molecule has 0 atom stereocenters. The summed E-state index contributed by atoms with van der Waals surface area (Å²) in [6.45, 7) is 3.62. The molecule has 0 aromatic heterocycles. The highest BCUT2D eigenvalue weighted by molar-refractivity contribution is 4.74. The highest BCUT2D eigenvalue weighted by Crippen LogP contribution is 1.83. The lowest BCUT2D eigenvalue weighted by atomic mass is 10.3. The fraction of sp³-hybridized carbons (Fsp3) is 0.400. The molecule has 0 unspecified atom stereocenters. The van der Waals surface area contributed by atoms with Crippen molar-refractivity contribution in [1.29, 1.82) is 0 Å². The maximum absolute atomic E-state index is 5.01. The van der Waals surface area contributed by atoms with E-state index in [1.165, 1.54) is 0 Å². The number of allylic oxidation sites excluding steroid dienone is 1. The first-order chi connectivity index (χ1) is 2.91. The topological polar surface area (TPSA) is 26.0 Å². The van der Waals surface area contributed by atoms with E-state index < -0.39 is 0 Å². The summed E-state index contributed by atoms with van der Waals surface area (Å²) in [6.07, 6.45) is 5.38. The molecule has 0 saturated carbocycles. The molecule has 0 aromatic rings. The van der Waals surface area contributed by atoms with E-state index in [-0.39, 0.29) is 0 Å². The van der Waals surface area contributed by atoms with Crippen LogP contribution in [0.2, 0.25) is 0 Å². The molecule has 0 amide bonds. The number of nitrogens with two attached hydrogens (primary N) is 1. The zero-order chi connectivity index (χ0) is 4.83. The molecule has 1 heteroatoms. The molecule has 2 N–H and O–H groups in total. The van der Waals surface area contributed by atoms with Gasteiger partial charge >= 0.3 is 0 Å². The molecule has 0 aliphatic carbocycles. The van der Waals surface area contributed by atoms with E-state index >= 15 is 0 Å². The van der Waals surface area contributed by atoms with Gasteiger partial charge in [0.05, 0.1) is 0 Å². The van der Waals surface area contributed by atoms with Crippen LogP contribution in [-0.2, 0) is 0 Å². The molecular weight excluding hydrogens is 74.1 g/mol. The zero-order valence-electron chi connectivity index (χ0n) is 3.85. The predicted molar refractivity (Wildman–Crippen MR) is 27.9 cm³/mol. The minimum atomic E-state index is 0.938. The fourth-order valence-corrected chi connectivity index (χ4v) is 0.214. The van der Waals surface area contributed by atoms with Crippen molar-refractivity contribution < 1.29 is 0 Å². The van der Waals surface area contributed by atoms with E-state index in [0.29, 0.717) is 0 Å². The van der Waals surface area contributed by atoms with Crippen molar-refractivity contribution in [3.8, 4) is 0 Å². The Morgan fingerprint density at radius 1 is 1.67 bits per heavy atom. The Labute approximate surface area is 38.8 Å². The Morgan fingerprint density at radius 2 is 2.33 bits per heavy atom. The first kappa shape index (κ1) is 5.54. The Bertz CT molecular complexity index is 39.2. The summed E-state index contributed by atoms with van der Waals surface area (Å²) in [5, 5.41) is 0. The van der Waals surface area contributed by atoms with Crippen LogP contribution in [0.15, 0.2) is 12.3 Å². The van der Waals surface area contributed by atoms with E-state index in [4.69, 9.17) is 5.73 Å². The van der Waals surface area contributed by atoms with E-state index in [9.17, 15) is 0 Å². The summed E-state index contributed by atoms with van der Waals surface area (Å²) in [5.41, 5.74) is 5.01. The highest BCUT2D eigenvalue weighted by atomic mass is 14.5. The molecule has 0 spiro atoms. The molecule has 0 rings (SSSR count). The third-order valence-corrected chi connectivity index (χ3v) is 0.507. The van der Waals surface area contributed by atoms with Gasteiger partial charge < -0.3 is 5.73 Å². The third kappa shape index (κ3) is 3.54. The van der Waals surface area contributed by atoms with E-state index in [2.05, 4.69) is 6.92 Å². The third-order valence-electron chi connectivity index (χ3n) is 0.507. The maximum atomic E-state index is 5.01. The first-order valence-corrected chi connectivity index (χ1v) is 2.07. The average Bonchev–Trinajstić information content (AvgIpc) is 1.61. The molecule has 0 saturated heterocycles. The summed E-state index contributed by atoms with van der Waals surface area (Å²) in [4.78, 5) is 0. The van der Waals surface area contributed by atoms with Crippen molar-refractivity contribution in [2.24, 2.45) is 5.73 Å². The molecule has 6 heavy (non-hydrogen) atoms. The second-order valence-electron chi connectivity index (χ2n) is 1.07. The van der Waals surface area contributed by atoms with Crippen molar-refractivity contribution in [2.45, 2.75) is 12.8 Å². The van der Waals surface area contributed by atoms with Crippen LogP contribution in [0.25, 0.3) is 0 Å². The van der Waals surface area contributed by atoms with Crippen molar-refractivity contribution in [1.82, 2.24) is 0 Å². The van der Waals surface area contributed by atoms with Gasteiger partial charge in [-0.2, -0.15) is 0 Å². The smallest absolute Gasteiger partial charge is 0.0103 e. The Kier molecular flexibility index (Phi) is 4.19. The van der Waals surface area contributed by atoms with Crippen LogP contribution in [0, 0.1) is 6.92 Å². The van der Waals surface area contributed by atoms with Gasteiger partial charge in [0.15, 0.2) is 0 Å². The van der Waals surface area contributed by atoms with Gasteiger partial charge in [-0.25, -0.2) is 0 Å². The van der Waals surface area contributed by atoms with Gasteiger partial charge in [0.1, 0.15) is 0 Å². The van der Waals surface area contributed by atoms with Gasteiger partial charge in [-0.3, -0.25) is 0 Å². The Morgan fingerprint density at radius 3 is 2.50 bits per heavy atom. The Hall–Kier alpha value is -0.460. The number of hydrogen-bond acceptors (Lipinski definition) is 1. The minimum Gasteiger partial charge on any atom is -0.405 e. The van der Waals surface area contributed by atoms with E-state index in [0.717, 1.165) is 12.8 Å². The normalized spacial score (nSPS) is 10.2. The zero-order valence-corrected chi connectivity index (χ0v) is 3.85. The van der Waals surface area contributed by atoms with Crippen LogP contribution in [0.4, 0.5) is 0 Å². The molecule has 0 aliphatic heterocycles. The largest absolute Gasteiger partial charge is 0.405 e. The molecule has 0 fully saturated rings. The van der Waals surface area contributed by atoms with Crippen LogP contribution in [0.3, 0.4) is 0 Å². The van der Waals surface area contributed by atoms with Gasteiger partial charge in [0.25, 0.3) is 0 Å². The monoisotopic (exact) mass is 84.1 g/mol. The van der Waals surface area contributed by atoms with Gasteiger partial charge in [-0.05, 0) is 19.0 Å². The molecule has 0 heterocycles. The predicted octanol–water partition coefficient (Wildman–Crippen LogP) is 1.07. The lowest BCUT2D eigenvalue weighted by molar-refractivity contribution is 1.05. The molecule has 0 bridgehead atoms. The summed E-state index contributed by atoms with van der Waals surface area (Å²) in [5.74, 6) is 0. The van der Waals surface area contributed by atoms with Crippen molar-refractivity contribution >= 4 is 0 Å². The van der Waals surface area contributed by atoms with E-state index in [1.807, 2.05) is 6.08 Å². The van der Waals surface area contributed by atoms with Crippen LogP contribution >= 0.6 is 0 Å². The summed E-state index contributed by atoms with van der Waals surface area (Å²) >= 11 is 0. The van der Waals surface area contributed by atoms with Crippen LogP contribution < -0.4 is 5.73 Å². The van der Waals surface area contributed by atoms with Crippen molar-refractivity contribution in [3.63, 3.8) is 0 Å². The fourth-order valence-electron chi connectivity index (χ4n) is 0.214. The summed E-state index contributed by atoms with van der Waals surface area (Å²) in [7, 11) is 0. The van der Waals surface area contributed by atoms with E-state index in [1.54, 1.807) is 6.20 Å². The number of unbranched alkanes of at least 4 members (excludes halogenated alkanes) is 1. The molecule has 0 aromatic carbocycles. The van der Waals surface area contributed by atoms with Crippen LogP contribution in [-0.4, -0.2) is 0 Å². The highest BCUT2D eigenvalue weighted by Gasteiger charge is 1.65. The van der Waals surface area contributed by atoms with Gasteiger partial charge in [0.2, 0.25) is 0 Å². The first-order valence-electron chi connectivity index (χ1n) is 2.07. The molecule has 1 radical (unpaired) electrons. The van der Waals surface area contributed by atoms with Crippen LogP contribution in [0.5, 0.6) is 0 Å². The second kappa shape index (κ2) is 4.54. The van der Waals surface area contributed by atoms with Gasteiger partial charge in [-0.15, -0.1) is 0 Å². The quantitative estimate of drug-likeness (QED) is 0.532. The maximum Gasteiger partial charge on any atom is -0.0103 e. The van der Waals surface area contributed by atoms with Gasteiger partial charge in [0, 0.05) is 0 Å². The van der Waals surface area contributed by atoms with Crippen molar-refractivity contribution in [3.05, 3.63) is 19.2 Å². The number of hydrogen-bond donors (Lipinski definition) is 1. The Balaban J connectivity index is 2.66. The SMILES string of the molecule is [CH2]CCC=CN. The molecular formula is C5H10N. The molecule has 1 nitrogen and oxygen atoms in total. The lowest BCUT2D eigenvalue weighted by Gasteiger charge is -1.76. The van der Waals surface area contributed by atoms with Gasteiger partial charge in [-0.1, -0.05) is 13.0 Å². The standard InChI is InChI=1S/C5H10N/c1-2-3-4-5-6/h4-5H,1-3,6H2. The summed E-state index contributed by atoms with van der Waals surface area (Å²) < 4.78 is 0. The van der Waals surface area contributed by atoms with Crippen LogP contribution in [0.1, 0.15) is 12.8 Å². The number of rotatable bonds is 2. The lowest BCUT2D eigenvalue weighted by Crippen LogP contribution is -1.74. The summed E-state index contributed by atoms with van der Waals surface area (Å²) in [6, 6.07) is 0. The second-order valence-corrected chi connectivity index (χ2v) is 1.07. The average molecular weight is 84.1 g/mol. The molecule has 0 aliphatic rings. The minimum absolute atomic E-state index is 0.938. The van der Waals surface area contributed by atoms with Crippen molar-refractivity contribution in [2.75, 3.05) is 0 Å².